The van der Waals surface area contributed by atoms with Crippen LogP contribution in [-0.2, 0) is 28.6 Å². The van der Waals surface area contributed by atoms with E-state index in [2.05, 4.69) is 9.97 Å². The number of pyridine rings is 2. The number of thioether (sulfide) groups is 1. The Kier molecular flexibility index (Phi) is 7.45. The maximum atomic E-state index is 11.8. The fraction of sp³-hybridized carbons (Fsp3) is 0.381. The molecular formula is C21H22N2O7S. The lowest BCUT2D eigenvalue weighted by atomic mass is 10.1. The lowest BCUT2D eigenvalue weighted by Gasteiger charge is -2.40. The zero-order valence-corrected chi connectivity index (χ0v) is 18.0. The van der Waals surface area contributed by atoms with Gasteiger partial charge in [0.15, 0.2) is 23.7 Å². The average molecular weight is 446 g/mol. The van der Waals surface area contributed by atoms with Crippen LogP contribution in [0, 0.1) is 0 Å². The van der Waals surface area contributed by atoms with Crippen molar-refractivity contribution in [3.8, 4) is 16.9 Å². The Balaban J connectivity index is 1.92. The summed E-state index contributed by atoms with van der Waals surface area (Å²) in [6, 6.07) is 5.46. The zero-order chi connectivity index (χ0) is 22.4. The van der Waals surface area contributed by atoms with Crippen molar-refractivity contribution in [2.24, 2.45) is 0 Å². The summed E-state index contributed by atoms with van der Waals surface area (Å²) < 4.78 is 22.3. The van der Waals surface area contributed by atoms with Crippen molar-refractivity contribution in [1.29, 1.82) is 0 Å². The van der Waals surface area contributed by atoms with E-state index in [0.717, 1.165) is 11.1 Å². The van der Waals surface area contributed by atoms with Gasteiger partial charge in [-0.15, -0.1) is 11.8 Å². The molecule has 10 heteroatoms. The molecule has 31 heavy (non-hydrogen) atoms. The van der Waals surface area contributed by atoms with E-state index in [-0.39, 0.29) is 5.75 Å². The number of nitrogens with zero attached hydrogens (tertiary/aromatic N) is 2. The summed E-state index contributed by atoms with van der Waals surface area (Å²) in [7, 11) is 0. The van der Waals surface area contributed by atoms with E-state index in [1.807, 2.05) is 12.1 Å². The average Bonchev–Trinajstić information content (AvgIpc) is 2.72. The maximum absolute atomic E-state index is 11.8. The number of hydrogen-bond acceptors (Lipinski definition) is 10. The molecule has 0 aromatic carbocycles. The van der Waals surface area contributed by atoms with Crippen LogP contribution in [0.2, 0.25) is 0 Å². The second kappa shape index (κ2) is 10.3. The smallest absolute Gasteiger partial charge is 0.303 e. The Bertz CT molecular complexity index is 940. The molecule has 1 fully saturated rings. The van der Waals surface area contributed by atoms with Gasteiger partial charge in [-0.05, 0) is 23.8 Å². The van der Waals surface area contributed by atoms with Crippen LogP contribution in [0.1, 0.15) is 20.8 Å². The first-order valence-electron chi connectivity index (χ1n) is 9.49. The molecule has 0 amide bonds. The third-order valence-electron chi connectivity index (χ3n) is 4.32. The molecule has 0 N–H and O–H groups in total. The minimum atomic E-state index is -1.02. The predicted molar refractivity (Wildman–Crippen MR) is 111 cm³/mol. The van der Waals surface area contributed by atoms with Crippen molar-refractivity contribution in [1.82, 2.24) is 9.97 Å². The molecule has 0 bridgehead atoms. The summed E-state index contributed by atoms with van der Waals surface area (Å²) in [5.41, 5.74) is 0.905. The first kappa shape index (κ1) is 22.5. The molecule has 9 nitrogen and oxygen atoms in total. The van der Waals surface area contributed by atoms with Gasteiger partial charge in [-0.1, -0.05) is 0 Å². The number of esters is 3. The molecule has 2 aromatic heterocycles. The minimum Gasteiger partial charge on any atom is -0.473 e. The van der Waals surface area contributed by atoms with Crippen LogP contribution in [0.4, 0.5) is 0 Å². The highest BCUT2D eigenvalue weighted by molar-refractivity contribution is 7.99. The Morgan fingerprint density at radius 2 is 1.48 bits per heavy atom. The second-order valence-corrected chi connectivity index (χ2v) is 7.85. The largest absolute Gasteiger partial charge is 0.473 e. The molecule has 0 radical (unpaired) electrons. The molecule has 0 saturated carbocycles. The number of carbonyl (C=O) groups is 3. The number of carbonyl (C=O) groups excluding carboxylic acids is 3. The highest BCUT2D eigenvalue weighted by Crippen LogP contribution is 2.37. The van der Waals surface area contributed by atoms with Gasteiger partial charge in [-0.3, -0.25) is 24.4 Å². The van der Waals surface area contributed by atoms with Gasteiger partial charge in [0, 0.05) is 50.7 Å². The Labute approximate surface area is 183 Å². The van der Waals surface area contributed by atoms with Crippen LogP contribution in [0.5, 0.6) is 5.75 Å². The summed E-state index contributed by atoms with van der Waals surface area (Å²) in [5.74, 6) is -0.971. The summed E-state index contributed by atoms with van der Waals surface area (Å²) in [6.07, 6.45) is 3.71. The van der Waals surface area contributed by atoms with Gasteiger partial charge in [0.2, 0.25) is 0 Å². The third-order valence-corrected chi connectivity index (χ3v) is 5.54. The first-order valence-corrected chi connectivity index (χ1v) is 10.5. The van der Waals surface area contributed by atoms with Crippen molar-refractivity contribution >= 4 is 29.7 Å². The summed E-state index contributed by atoms with van der Waals surface area (Å²) in [6.45, 7) is 3.74. The summed E-state index contributed by atoms with van der Waals surface area (Å²) in [4.78, 5) is 43.2. The topological polar surface area (TPSA) is 114 Å². The normalized spacial score (nSPS) is 22.8. The monoisotopic (exact) mass is 446 g/mol. The van der Waals surface area contributed by atoms with E-state index < -0.39 is 41.7 Å². The molecule has 3 rings (SSSR count). The van der Waals surface area contributed by atoms with Crippen molar-refractivity contribution in [2.75, 3.05) is 5.75 Å². The van der Waals surface area contributed by atoms with Crippen molar-refractivity contribution in [2.45, 2.75) is 44.5 Å². The van der Waals surface area contributed by atoms with Crippen LogP contribution < -0.4 is 4.74 Å². The van der Waals surface area contributed by atoms with Gasteiger partial charge in [0.1, 0.15) is 5.75 Å². The van der Waals surface area contributed by atoms with Gasteiger partial charge < -0.3 is 18.9 Å². The molecule has 2 aromatic rings. The molecule has 3 heterocycles. The molecule has 0 aliphatic carbocycles. The predicted octanol–water partition coefficient (Wildman–Crippen LogP) is 2.39. The quantitative estimate of drug-likeness (QED) is 0.484. The molecule has 4 atom stereocenters. The number of ether oxygens (including phenoxy) is 4. The van der Waals surface area contributed by atoms with E-state index in [4.69, 9.17) is 18.9 Å². The van der Waals surface area contributed by atoms with Gasteiger partial charge in [-0.25, -0.2) is 0 Å². The fourth-order valence-electron chi connectivity index (χ4n) is 3.18. The van der Waals surface area contributed by atoms with E-state index in [1.54, 1.807) is 30.9 Å². The van der Waals surface area contributed by atoms with Crippen LogP contribution in [0.3, 0.4) is 0 Å². The molecule has 1 saturated heterocycles. The standard InChI is InChI=1S/C21H22N2O7S/c1-12(24)27-18-11-31-21(20(29-14(3)26)19(18)28-13(2)25)30-17-10-23-9-6-16(17)15-4-7-22-8-5-15/h4-10,18-21H,11H2,1-3H3/t18-,19+,20-,21-/m1/s1. The van der Waals surface area contributed by atoms with E-state index in [1.165, 1.54) is 32.5 Å². The molecule has 1 aliphatic rings. The lowest BCUT2D eigenvalue weighted by molar-refractivity contribution is -0.186. The number of rotatable bonds is 6. The number of aromatic nitrogens is 2. The Hall–Kier alpha value is -3.14. The van der Waals surface area contributed by atoms with E-state index in [0.29, 0.717) is 5.75 Å². The Morgan fingerprint density at radius 3 is 2.13 bits per heavy atom. The molecule has 0 unspecified atom stereocenters. The van der Waals surface area contributed by atoms with Gasteiger partial charge in [0.05, 0.1) is 6.20 Å². The maximum Gasteiger partial charge on any atom is 0.303 e. The van der Waals surface area contributed by atoms with E-state index >= 15 is 0 Å². The molecule has 164 valence electrons. The van der Waals surface area contributed by atoms with Gasteiger partial charge in [-0.2, -0.15) is 0 Å². The Morgan fingerprint density at radius 1 is 0.871 bits per heavy atom. The fourth-order valence-corrected chi connectivity index (χ4v) is 4.39. The van der Waals surface area contributed by atoms with Crippen molar-refractivity contribution in [3.63, 3.8) is 0 Å². The van der Waals surface area contributed by atoms with Crippen LogP contribution in [0.25, 0.3) is 11.1 Å². The molecule has 0 spiro atoms. The van der Waals surface area contributed by atoms with Gasteiger partial charge >= 0.3 is 17.9 Å². The zero-order valence-electron chi connectivity index (χ0n) is 17.2. The summed E-state index contributed by atoms with van der Waals surface area (Å²) >= 11 is 1.28. The highest BCUT2D eigenvalue weighted by Gasteiger charge is 2.47. The summed E-state index contributed by atoms with van der Waals surface area (Å²) in [5, 5.41) is 0. The van der Waals surface area contributed by atoms with Crippen LogP contribution in [0.15, 0.2) is 43.0 Å². The van der Waals surface area contributed by atoms with Crippen LogP contribution in [-0.4, -0.2) is 57.4 Å². The molecule has 1 aliphatic heterocycles. The van der Waals surface area contributed by atoms with Crippen molar-refractivity contribution in [3.05, 3.63) is 43.0 Å². The third kappa shape index (κ3) is 5.94. The van der Waals surface area contributed by atoms with Crippen LogP contribution >= 0.6 is 11.8 Å². The minimum absolute atomic E-state index is 0.283. The first-order chi connectivity index (χ1) is 14.8. The molecular weight excluding hydrogens is 424 g/mol. The second-order valence-electron chi connectivity index (χ2n) is 6.72. The lowest BCUT2D eigenvalue weighted by Crippen LogP contribution is -2.55. The SMILES string of the molecule is CC(=O)O[C@@H]1[C@@H](OC(C)=O)[C@H](OC(C)=O)CS[C@H]1Oc1cnccc1-c1ccncc1. The highest BCUT2D eigenvalue weighted by atomic mass is 32.2. The van der Waals surface area contributed by atoms with Gasteiger partial charge in [0.25, 0.3) is 0 Å². The number of hydrogen-bond donors (Lipinski definition) is 0. The van der Waals surface area contributed by atoms with E-state index in [9.17, 15) is 14.4 Å². The van der Waals surface area contributed by atoms with Crippen molar-refractivity contribution < 1.29 is 33.3 Å².